The van der Waals surface area contributed by atoms with Crippen molar-refractivity contribution in [2.75, 3.05) is 25.1 Å². The third-order valence-electron chi connectivity index (χ3n) is 2.94. The topological polar surface area (TPSA) is 143 Å². The summed E-state index contributed by atoms with van der Waals surface area (Å²) in [6.45, 7) is -0.603. The summed E-state index contributed by atoms with van der Waals surface area (Å²) in [4.78, 5) is 37.0. The van der Waals surface area contributed by atoms with Crippen LogP contribution in [0.1, 0.15) is 13.2 Å². The number of rotatable bonds is 10. The number of carbonyl (C=O) groups excluding carboxylic acids is 2. The van der Waals surface area contributed by atoms with Crippen molar-refractivity contribution in [1.82, 2.24) is 14.9 Å². The van der Waals surface area contributed by atoms with Crippen LogP contribution in [-0.4, -0.2) is 64.1 Å². The molecule has 10 nitrogen and oxygen atoms in total. The summed E-state index contributed by atoms with van der Waals surface area (Å²) in [6, 6.07) is 1.24. The highest BCUT2D eigenvalue weighted by Gasteiger charge is 2.22. The molecule has 11 heteroatoms. The Morgan fingerprint density at radius 1 is 1.58 bits per heavy atom. The molecule has 0 saturated heterocycles. The molecule has 134 valence electrons. The summed E-state index contributed by atoms with van der Waals surface area (Å²) >= 11 is 0. The lowest BCUT2D eigenvalue weighted by molar-refractivity contribution is -0.126. The van der Waals surface area contributed by atoms with Crippen LogP contribution in [0.2, 0.25) is 0 Å². The molecule has 0 aliphatic carbocycles. The number of alkyl halides is 1. The van der Waals surface area contributed by atoms with Crippen molar-refractivity contribution >= 4 is 18.1 Å². The summed E-state index contributed by atoms with van der Waals surface area (Å²) in [6.07, 6.45) is -2.05. The third kappa shape index (κ3) is 5.68. The van der Waals surface area contributed by atoms with Crippen molar-refractivity contribution in [3.8, 4) is 0 Å². The van der Waals surface area contributed by atoms with Crippen molar-refractivity contribution in [3.05, 3.63) is 22.7 Å². The molecule has 1 aromatic rings. The van der Waals surface area contributed by atoms with Gasteiger partial charge in [0.05, 0.1) is 19.3 Å². The standard InChI is InChI=1S/C13H19FN4O6/c1-8(21)9(6-19)24-12(4-14)18-3-2-10(17-13(18)23)16-11(22)5-15-7-20/h2-3,7-9,12,19,21H,4-6H2,1H3,(H,15,20)(H,16,17,22,23)/t8?,9-,12-/m1/s1. The SMILES string of the molecule is CC(O)[C@@H](CO)O[C@H](CF)n1ccc(NC(=O)CNC=O)nc1=O. The molecule has 1 heterocycles. The van der Waals surface area contributed by atoms with Crippen molar-refractivity contribution in [2.24, 2.45) is 0 Å². The lowest BCUT2D eigenvalue weighted by Crippen LogP contribution is -2.37. The Balaban J connectivity index is 2.86. The third-order valence-corrected chi connectivity index (χ3v) is 2.94. The van der Waals surface area contributed by atoms with Crippen LogP contribution in [-0.2, 0) is 14.3 Å². The number of carbonyl (C=O) groups is 2. The van der Waals surface area contributed by atoms with Crippen LogP contribution in [0.3, 0.4) is 0 Å². The van der Waals surface area contributed by atoms with E-state index in [1.165, 1.54) is 13.0 Å². The van der Waals surface area contributed by atoms with Gasteiger partial charge in [-0.3, -0.25) is 14.2 Å². The van der Waals surface area contributed by atoms with Gasteiger partial charge < -0.3 is 25.6 Å². The minimum absolute atomic E-state index is 0.0826. The number of aliphatic hydroxyl groups excluding tert-OH is 2. The first-order valence-electron chi connectivity index (χ1n) is 6.99. The zero-order valence-corrected chi connectivity index (χ0v) is 12.9. The predicted octanol–water partition coefficient (Wildman–Crippen LogP) is -1.85. The minimum atomic E-state index is -1.39. The van der Waals surface area contributed by atoms with Gasteiger partial charge in [-0.25, -0.2) is 9.18 Å². The lowest BCUT2D eigenvalue weighted by Gasteiger charge is -2.24. The summed E-state index contributed by atoms with van der Waals surface area (Å²) < 4.78 is 19.1. The number of halogens is 1. The van der Waals surface area contributed by atoms with E-state index in [4.69, 9.17) is 9.84 Å². The molecular weight excluding hydrogens is 327 g/mol. The molecule has 0 bridgehead atoms. The number of hydrogen-bond acceptors (Lipinski definition) is 7. The van der Waals surface area contributed by atoms with Crippen LogP contribution >= 0.6 is 0 Å². The first-order chi connectivity index (χ1) is 11.4. The lowest BCUT2D eigenvalue weighted by atomic mass is 10.2. The minimum Gasteiger partial charge on any atom is -0.394 e. The molecular formula is C13H19FN4O6. The molecule has 0 spiro atoms. The van der Waals surface area contributed by atoms with Crippen molar-refractivity contribution in [1.29, 1.82) is 0 Å². The van der Waals surface area contributed by atoms with E-state index >= 15 is 0 Å². The average Bonchev–Trinajstić information content (AvgIpc) is 2.54. The number of ether oxygens (including phenoxy) is 1. The smallest absolute Gasteiger partial charge is 0.351 e. The quantitative estimate of drug-likeness (QED) is 0.364. The second-order valence-corrected chi connectivity index (χ2v) is 4.76. The molecule has 1 aromatic heterocycles. The molecule has 0 saturated carbocycles. The van der Waals surface area contributed by atoms with Gasteiger partial charge in [0, 0.05) is 6.20 Å². The summed E-state index contributed by atoms with van der Waals surface area (Å²) in [7, 11) is 0. The average molecular weight is 346 g/mol. The van der Waals surface area contributed by atoms with Gasteiger partial charge in [-0.05, 0) is 13.0 Å². The van der Waals surface area contributed by atoms with E-state index in [1.54, 1.807) is 0 Å². The van der Waals surface area contributed by atoms with Gasteiger partial charge in [-0.15, -0.1) is 0 Å². The number of amides is 2. The van der Waals surface area contributed by atoms with E-state index in [2.05, 4.69) is 15.6 Å². The Labute approximate surface area is 136 Å². The van der Waals surface area contributed by atoms with E-state index in [0.717, 1.165) is 10.8 Å². The van der Waals surface area contributed by atoms with Crippen molar-refractivity contribution in [3.63, 3.8) is 0 Å². The number of aromatic nitrogens is 2. The molecule has 0 aliphatic rings. The molecule has 0 aliphatic heterocycles. The maximum absolute atomic E-state index is 13.1. The van der Waals surface area contributed by atoms with Gasteiger partial charge in [0.1, 0.15) is 18.6 Å². The largest absolute Gasteiger partial charge is 0.394 e. The fraction of sp³-hybridized carbons (Fsp3) is 0.538. The van der Waals surface area contributed by atoms with Crippen LogP contribution < -0.4 is 16.3 Å². The van der Waals surface area contributed by atoms with E-state index in [0.29, 0.717) is 6.41 Å². The molecule has 1 rings (SSSR count). The maximum Gasteiger partial charge on any atom is 0.351 e. The molecule has 0 aromatic carbocycles. The van der Waals surface area contributed by atoms with E-state index in [-0.39, 0.29) is 12.4 Å². The Bertz CT molecular complexity index is 608. The number of hydrogen-bond donors (Lipinski definition) is 4. The Hall–Kier alpha value is -2.37. The maximum atomic E-state index is 13.1. The van der Waals surface area contributed by atoms with Gasteiger partial charge >= 0.3 is 5.69 Å². The molecule has 4 N–H and O–H groups in total. The van der Waals surface area contributed by atoms with Crippen LogP contribution in [0.4, 0.5) is 10.2 Å². The molecule has 0 fully saturated rings. The van der Waals surface area contributed by atoms with Crippen molar-refractivity contribution in [2.45, 2.75) is 25.4 Å². The summed E-state index contributed by atoms with van der Waals surface area (Å²) in [5.74, 6) is -0.680. The molecule has 0 radical (unpaired) electrons. The zero-order chi connectivity index (χ0) is 18.1. The molecule has 1 unspecified atom stereocenters. The van der Waals surface area contributed by atoms with Gasteiger partial charge in [0.2, 0.25) is 12.3 Å². The summed E-state index contributed by atoms with van der Waals surface area (Å²) in [5.41, 5.74) is -0.902. The first-order valence-corrected chi connectivity index (χ1v) is 6.99. The Morgan fingerprint density at radius 2 is 2.29 bits per heavy atom. The van der Waals surface area contributed by atoms with Gasteiger partial charge in [-0.1, -0.05) is 0 Å². The fourth-order valence-corrected chi connectivity index (χ4v) is 1.71. The molecule has 3 atom stereocenters. The summed E-state index contributed by atoms with van der Waals surface area (Å²) in [5, 5.41) is 22.9. The van der Waals surface area contributed by atoms with Crippen LogP contribution in [0.25, 0.3) is 0 Å². The van der Waals surface area contributed by atoms with E-state index in [1.807, 2.05) is 0 Å². The van der Waals surface area contributed by atoms with E-state index in [9.17, 15) is 23.9 Å². The highest BCUT2D eigenvalue weighted by atomic mass is 19.1. The fourth-order valence-electron chi connectivity index (χ4n) is 1.71. The highest BCUT2D eigenvalue weighted by Crippen LogP contribution is 2.13. The Morgan fingerprint density at radius 3 is 2.79 bits per heavy atom. The number of nitrogens with zero attached hydrogens (tertiary/aromatic N) is 2. The number of aliphatic hydroxyl groups is 2. The second kappa shape index (κ2) is 9.70. The Kier molecular flexibility index (Phi) is 7.95. The first kappa shape index (κ1) is 19.7. The van der Waals surface area contributed by atoms with Gasteiger partial charge in [0.15, 0.2) is 6.23 Å². The van der Waals surface area contributed by atoms with Crippen molar-refractivity contribution < 1.29 is 28.9 Å². The highest BCUT2D eigenvalue weighted by molar-refractivity contribution is 5.92. The predicted molar refractivity (Wildman–Crippen MR) is 79.8 cm³/mol. The number of anilines is 1. The van der Waals surface area contributed by atoms with Gasteiger partial charge in [-0.2, -0.15) is 4.98 Å². The van der Waals surface area contributed by atoms with Gasteiger partial charge in [0.25, 0.3) is 0 Å². The second-order valence-electron chi connectivity index (χ2n) is 4.76. The van der Waals surface area contributed by atoms with Crippen LogP contribution in [0, 0.1) is 0 Å². The molecule has 24 heavy (non-hydrogen) atoms. The van der Waals surface area contributed by atoms with E-state index < -0.39 is 43.3 Å². The normalized spacial score (nSPS) is 14.5. The molecule has 2 amide bonds. The van der Waals surface area contributed by atoms with Crippen LogP contribution in [0.15, 0.2) is 17.1 Å². The number of nitrogens with one attached hydrogen (secondary N) is 2. The van der Waals surface area contributed by atoms with Crippen LogP contribution in [0.5, 0.6) is 0 Å². The zero-order valence-electron chi connectivity index (χ0n) is 12.9. The monoisotopic (exact) mass is 346 g/mol.